The molecule has 5 heteroatoms. The van der Waals surface area contributed by atoms with E-state index in [0.29, 0.717) is 11.4 Å². The van der Waals surface area contributed by atoms with E-state index in [-0.39, 0.29) is 16.6 Å². The number of benzene rings is 7. The lowest BCUT2D eigenvalue weighted by atomic mass is 9.79. The number of aromatic hydroxyl groups is 1. The van der Waals surface area contributed by atoms with Gasteiger partial charge in [0.1, 0.15) is 11.6 Å². The molecule has 0 spiro atoms. The van der Waals surface area contributed by atoms with Crippen molar-refractivity contribution < 1.29 is 5.11 Å². The predicted octanol–water partition coefficient (Wildman–Crippen LogP) is 15.4. The summed E-state index contributed by atoms with van der Waals surface area (Å²) in [5.41, 5.74) is 13.6. The minimum Gasteiger partial charge on any atom is -0.507 e. The molecule has 298 valence electrons. The fourth-order valence-electron chi connectivity index (χ4n) is 8.65. The molecule has 0 unspecified atom stereocenters. The van der Waals surface area contributed by atoms with E-state index in [1.807, 2.05) is 29.7 Å². The second-order valence-electron chi connectivity index (χ2n) is 18.0. The molecule has 4 nitrogen and oxygen atoms in total. The largest absolute Gasteiger partial charge is 0.507 e. The van der Waals surface area contributed by atoms with Crippen LogP contribution >= 0.6 is 11.3 Å². The van der Waals surface area contributed by atoms with E-state index in [2.05, 4.69) is 198 Å². The summed E-state index contributed by atoms with van der Waals surface area (Å²) in [5, 5.41) is 15.0. The van der Waals surface area contributed by atoms with Gasteiger partial charge in [0.25, 0.3) is 0 Å². The van der Waals surface area contributed by atoms with Crippen LogP contribution in [0.1, 0.15) is 52.7 Å². The Hall–Kier alpha value is -6.82. The molecule has 0 saturated carbocycles. The first kappa shape index (κ1) is 38.4. The van der Waals surface area contributed by atoms with Gasteiger partial charge >= 0.3 is 0 Å². The molecule has 0 fully saturated rings. The molecular weight excluding hydrogens is 763 g/mol. The van der Waals surface area contributed by atoms with E-state index in [0.717, 1.165) is 72.5 Å². The highest BCUT2D eigenvalue weighted by Crippen LogP contribution is 2.48. The normalized spacial score (nSPS) is 12.2. The molecular formula is C56H47N3OS. The highest BCUT2D eigenvalue weighted by atomic mass is 32.1. The molecule has 3 heterocycles. The molecule has 0 saturated heterocycles. The Morgan fingerprint density at radius 2 is 1.23 bits per heavy atom. The molecule has 0 aliphatic carbocycles. The lowest BCUT2D eigenvalue weighted by Crippen LogP contribution is -2.17. The number of rotatable bonds is 6. The van der Waals surface area contributed by atoms with Gasteiger partial charge in [0, 0.05) is 54.2 Å². The monoisotopic (exact) mass is 809 g/mol. The summed E-state index contributed by atoms with van der Waals surface area (Å²) >= 11 is 1.82. The number of imidazole rings is 1. The number of para-hydroxylation sites is 1. The molecule has 0 radical (unpaired) electrons. The van der Waals surface area contributed by atoms with Gasteiger partial charge in [-0.2, -0.15) is 0 Å². The van der Waals surface area contributed by atoms with Crippen LogP contribution in [0, 0.1) is 0 Å². The van der Waals surface area contributed by atoms with Gasteiger partial charge in [-0.1, -0.05) is 151 Å². The maximum Gasteiger partial charge on any atom is 0.149 e. The van der Waals surface area contributed by atoms with Crippen LogP contribution in [0.4, 0.5) is 0 Å². The minimum absolute atomic E-state index is 0.185. The van der Waals surface area contributed by atoms with Crippen LogP contribution in [-0.2, 0) is 10.8 Å². The van der Waals surface area contributed by atoms with Crippen molar-refractivity contribution in [3.8, 4) is 67.5 Å². The van der Waals surface area contributed by atoms with Crippen LogP contribution in [0.3, 0.4) is 0 Å². The number of hydrogen-bond donors (Lipinski definition) is 1. The number of aromatic nitrogens is 3. The topological polar surface area (TPSA) is 50.9 Å². The van der Waals surface area contributed by atoms with E-state index in [1.54, 1.807) is 0 Å². The van der Waals surface area contributed by atoms with Crippen molar-refractivity contribution in [2.24, 2.45) is 0 Å². The Labute approximate surface area is 361 Å². The van der Waals surface area contributed by atoms with Crippen LogP contribution < -0.4 is 0 Å². The summed E-state index contributed by atoms with van der Waals surface area (Å²) in [5.74, 6) is 0.944. The quantitative estimate of drug-likeness (QED) is 0.182. The zero-order chi connectivity index (χ0) is 42.0. The van der Waals surface area contributed by atoms with E-state index in [4.69, 9.17) is 9.97 Å². The summed E-state index contributed by atoms with van der Waals surface area (Å²) in [7, 11) is 0. The van der Waals surface area contributed by atoms with Crippen molar-refractivity contribution in [3.05, 3.63) is 181 Å². The number of hydrogen-bond acceptors (Lipinski definition) is 4. The third-order valence-electron chi connectivity index (χ3n) is 11.9. The average Bonchev–Trinajstić information content (AvgIpc) is 3.85. The Morgan fingerprint density at radius 1 is 0.525 bits per heavy atom. The maximum atomic E-state index is 12.6. The maximum absolute atomic E-state index is 12.6. The first-order chi connectivity index (χ1) is 29.4. The van der Waals surface area contributed by atoms with Gasteiger partial charge in [-0.05, 0) is 87.7 Å². The van der Waals surface area contributed by atoms with Crippen LogP contribution in [0.15, 0.2) is 170 Å². The number of pyridine rings is 1. The van der Waals surface area contributed by atoms with Crippen molar-refractivity contribution in [3.63, 3.8) is 0 Å². The average molecular weight is 810 g/mol. The summed E-state index contributed by atoms with van der Waals surface area (Å²) in [4.78, 5) is 10.5. The van der Waals surface area contributed by atoms with Crippen LogP contribution in [0.2, 0.25) is 0 Å². The number of nitrogens with zero attached hydrogens (tertiary/aromatic N) is 3. The standard InChI is InChI=1S/C56H47N3OS/c1-55(2,3)39-33-45(52(60)46(34-39)56(4,5)6)54-58-51-41(44-32-38(47-24-15-16-29-57-47)31-43-40-22-13-14-26-50(40)61-53(43)44)23-17-25-49(51)59(54)48-28-27-37(35-18-9-7-10-19-35)30-42(48)36-20-11-8-12-21-36/h7-34,60H,1-6H3. The predicted molar refractivity (Wildman–Crippen MR) is 258 cm³/mol. The second kappa shape index (κ2) is 14.7. The number of thiophene rings is 1. The zero-order valence-corrected chi connectivity index (χ0v) is 36.2. The molecule has 7 aromatic carbocycles. The van der Waals surface area contributed by atoms with Crippen LogP contribution in [0.25, 0.3) is 92.9 Å². The van der Waals surface area contributed by atoms with Gasteiger partial charge in [0.2, 0.25) is 0 Å². The minimum atomic E-state index is -0.326. The Balaban J connectivity index is 1.34. The van der Waals surface area contributed by atoms with Gasteiger partial charge in [-0.15, -0.1) is 11.3 Å². The molecule has 61 heavy (non-hydrogen) atoms. The smallest absolute Gasteiger partial charge is 0.149 e. The molecule has 10 rings (SSSR count). The van der Waals surface area contributed by atoms with Crippen molar-refractivity contribution >= 4 is 42.5 Å². The number of fused-ring (bicyclic) bond motifs is 4. The van der Waals surface area contributed by atoms with Gasteiger partial charge in [-0.3, -0.25) is 9.55 Å². The van der Waals surface area contributed by atoms with E-state index >= 15 is 0 Å². The lowest BCUT2D eigenvalue weighted by molar-refractivity contribution is 0.446. The Morgan fingerprint density at radius 3 is 1.95 bits per heavy atom. The zero-order valence-electron chi connectivity index (χ0n) is 35.4. The summed E-state index contributed by atoms with van der Waals surface area (Å²) in [6, 6.07) is 58.1. The molecule has 1 N–H and O–H groups in total. The molecule has 10 aromatic rings. The van der Waals surface area contributed by atoms with Crippen LogP contribution in [0.5, 0.6) is 5.75 Å². The van der Waals surface area contributed by atoms with E-state index < -0.39 is 0 Å². The molecule has 0 aliphatic heterocycles. The third kappa shape index (κ3) is 6.79. The molecule has 0 atom stereocenters. The SMILES string of the molecule is CC(C)(C)c1cc(-c2nc3c(-c4cc(-c5ccccn5)cc5c4sc4ccccc45)cccc3n2-c2ccc(-c3ccccc3)cc2-c2ccccc2)c(O)c(C(C)(C)C)c1. The Kier molecular flexibility index (Phi) is 9.26. The number of phenolic OH excluding ortho intramolecular Hbond substituents is 1. The van der Waals surface area contributed by atoms with Gasteiger partial charge < -0.3 is 5.11 Å². The van der Waals surface area contributed by atoms with Gasteiger partial charge in [-0.25, -0.2) is 4.98 Å². The van der Waals surface area contributed by atoms with E-state index in [1.165, 1.54) is 20.2 Å². The first-order valence-corrected chi connectivity index (χ1v) is 21.8. The highest BCUT2D eigenvalue weighted by molar-refractivity contribution is 7.26. The molecule has 0 aliphatic rings. The lowest BCUT2D eigenvalue weighted by Gasteiger charge is -2.27. The van der Waals surface area contributed by atoms with Gasteiger partial charge in [0.15, 0.2) is 0 Å². The fraction of sp³-hybridized carbons (Fsp3) is 0.143. The first-order valence-electron chi connectivity index (χ1n) is 21.0. The highest BCUT2D eigenvalue weighted by Gasteiger charge is 2.29. The van der Waals surface area contributed by atoms with Crippen molar-refractivity contribution in [1.29, 1.82) is 0 Å². The van der Waals surface area contributed by atoms with Gasteiger partial charge in [0.05, 0.1) is 28.0 Å². The summed E-state index contributed by atoms with van der Waals surface area (Å²) in [6.07, 6.45) is 1.86. The summed E-state index contributed by atoms with van der Waals surface area (Å²) in [6.45, 7) is 13.2. The van der Waals surface area contributed by atoms with Crippen LogP contribution in [-0.4, -0.2) is 19.6 Å². The van der Waals surface area contributed by atoms with Crippen molar-refractivity contribution in [2.75, 3.05) is 0 Å². The molecule has 3 aromatic heterocycles. The molecule has 0 bridgehead atoms. The Bertz CT molecular complexity index is 3260. The van der Waals surface area contributed by atoms with E-state index in [9.17, 15) is 5.11 Å². The third-order valence-corrected chi connectivity index (χ3v) is 13.1. The number of phenols is 1. The fourth-order valence-corrected chi connectivity index (χ4v) is 9.86. The van der Waals surface area contributed by atoms with Crippen molar-refractivity contribution in [2.45, 2.75) is 52.4 Å². The molecule has 0 amide bonds. The second-order valence-corrected chi connectivity index (χ2v) is 19.1. The summed E-state index contributed by atoms with van der Waals surface area (Å²) < 4.78 is 4.73. The van der Waals surface area contributed by atoms with Crippen molar-refractivity contribution in [1.82, 2.24) is 14.5 Å².